The molecule has 1 amide bonds. The van der Waals surface area contributed by atoms with Gasteiger partial charge in [0.05, 0.1) is 24.1 Å². The third-order valence-electron chi connectivity index (χ3n) is 4.09. The van der Waals surface area contributed by atoms with Crippen LogP contribution in [0.3, 0.4) is 0 Å². The first-order valence-electron chi connectivity index (χ1n) is 8.64. The minimum atomic E-state index is 0.0640. The van der Waals surface area contributed by atoms with Gasteiger partial charge < -0.3 is 15.0 Å². The summed E-state index contributed by atoms with van der Waals surface area (Å²) < 4.78 is 5.74. The smallest absolute Gasteiger partial charge is 0.224 e. The Bertz CT molecular complexity index is 493. The molecule has 3 atom stereocenters. The van der Waals surface area contributed by atoms with Gasteiger partial charge in [0, 0.05) is 19.5 Å². The van der Waals surface area contributed by atoms with E-state index in [2.05, 4.69) is 42.9 Å². The number of nitrogens with zero attached hydrogens (tertiary/aromatic N) is 2. The lowest BCUT2D eigenvalue weighted by molar-refractivity contribution is -0.117. The molecule has 0 spiro atoms. The van der Waals surface area contributed by atoms with Crippen molar-refractivity contribution in [2.24, 2.45) is 5.92 Å². The number of pyridine rings is 1. The highest BCUT2D eigenvalue weighted by atomic mass is 16.5. The molecule has 1 N–H and O–H groups in total. The van der Waals surface area contributed by atoms with Crippen molar-refractivity contribution in [3.63, 3.8) is 0 Å². The first-order chi connectivity index (χ1) is 11.0. The molecular formula is C18H29N3O2. The Labute approximate surface area is 139 Å². The van der Waals surface area contributed by atoms with Crippen molar-refractivity contribution in [2.45, 2.75) is 59.2 Å². The molecule has 1 aliphatic heterocycles. The van der Waals surface area contributed by atoms with Crippen LogP contribution in [0.4, 0.5) is 11.5 Å². The highest BCUT2D eigenvalue weighted by molar-refractivity contribution is 5.90. The summed E-state index contributed by atoms with van der Waals surface area (Å²) in [4.78, 5) is 18.7. The Hall–Kier alpha value is -1.62. The molecule has 128 valence electrons. The summed E-state index contributed by atoms with van der Waals surface area (Å²) in [6.07, 6.45) is 4.91. The number of rotatable bonds is 6. The summed E-state index contributed by atoms with van der Waals surface area (Å²) in [5.41, 5.74) is 0.761. The number of hydrogen-bond acceptors (Lipinski definition) is 4. The zero-order chi connectivity index (χ0) is 16.8. The third-order valence-corrected chi connectivity index (χ3v) is 4.09. The second kappa shape index (κ2) is 8.29. The molecular weight excluding hydrogens is 290 g/mol. The molecule has 0 aliphatic carbocycles. The maximum absolute atomic E-state index is 12.0. The SMILES string of the molecule is CCCC(C)CC(=O)Nc1ccc(N2CC(C)OC(C)C2)nc1. The monoisotopic (exact) mass is 319 g/mol. The second-order valence-corrected chi connectivity index (χ2v) is 6.71. The minimum Gasteiger partial charge on any atom is -0.372 e. The van der Waals surface area contributed by atoms with Crippen molar-refractivity contribution in [3.8, 4) is 0 Å². The third kappa shape index (κ3) is 5.50. The number of anilines is 2. The molecule has 1 aromatic rings. The van der Waals surface area contributed by atoms with Crippen molar-refractivity contribution in [2.75, 3.05) is 23.3 Å². The van der Waals surface area contributed by atoms with Gasteiger partial charge in [0.2, 0.25) is 5.91 Å². The number of ether oxygens (including phenoxy) is 1. The van der Waals surface area contributed by atoms with Gasteiger partial charge in [0.25, 0.3) is 0 Å². The lowest BCUT2D eigenvalue weighted by Gasteiger charge is -2.36. The fourth-order valence-corrected chi connectivity index (χ4v) is 3.14. The predicted octanol–water partition coefficient (Wildman–Crippen LogP) is 3.46. The molecule has 0 radical (unpaired) electrons. The summed E-state index contributed by atoms with van der Waals surface area (Å²) in [7, 11) is 0. The highest BCUT2D eigenvalue weighted by Gasteiger charge is 2.23. The summed E-state index contributed by atoms with van der Waals surface area (Å²) in [6.45, 7) is 10.1. The van der Waals surface area contributed by atoms with Crippen LogP contribution >= 0.6 is 0 Å². The largest absolute Gasteiger partial charge is 0.372 e. The zero-order valence-corrected chi connectivity index (χ0v) is 14.7. The van der Waals surface area contributed by atoms with Gasteiger partial charge in [-0.05, 0) is 31.9 Å². The van der Waals surface area contributed by atoms with Gasteiger partial charge >= 0.3 is 0 Å². The van der Waals surface area contributed by atoms with Crippen molar-refractivity contribution < 1.29 is 9.53 Å². The van der Waals surface area contributed by atoms with Crippen molar-refractivity contribution in [1.29, 1.82) is 0 Å². The first-order valence-corrected chi connectivity index (χ1v) is 8.64. The van der Waals surface area contributed by atoms with Crippen molar-refractivity contribution >= 4 is 17.4 Å². The van der Waals surface area contributed by atoms with Gasteiger partial charge in [0.15, 0.2) is 0 Å². The molecule has 5 nitrogen and oxygen atoms in total. The molecule has 23 heavy (non-hydrogen) atoms. The Morgan fingerprint density at radius 3 is 2.65 bits per heavy atom. The van der Waals surface area contributed by atoms with Crippen molar-refractivity contribution in [1.82, 2.24) is 4.98 Å². The summed E-state index contributed by atoms with van der Waals surface area (Å²) >= 11 is 0. The molecule has 0 bridgehead atoms. The summed E-state index contributed by atoms with van der Waals surface area (Å²) in [5.74, 6) is 1.42. The van der Waals surface area contributed by atoms with Crippen LogP contribution in [-0.2, 0) is 9.53 Å². The molecule has 1 aromatic heterocycles. The normalized spacial score (nSPS) is 22.7. The van der Waals surface area contributed by atoms with E-state index in [9.17, 15) is 4.79 Å². The van der Waals surface area contributed by atoms with Gasteiger partial charge in [-0.25, -0.2) is 4.98 Å². The van der Waals surface area contributed by atoms with Crippen LogP contribution < -0.4 is 10.2 Å². The van der Waals surface area contributed by atoms with Crippen LogP contribution in [0.15, 0.2) is 18.3 Å². The Morgan fingerprint density at radius 1 is 1.39 bits per heavy atom. The lowest BCUT2D eigenvalue weighted by atomic mass is 10.0. The number of carbonyl (C=O) groups excluding carboxylic acids is 1. The fraction of sp³-hybridized carbons (Fsp3) is 0.667. The molecule has 3 unspecified atom stereocenters. The number of aromatic nitrogens is 1. The van der Waals surface area contributed by atoms with E-state index in [4.69, 9.17) is 4.74 Å². The molecule has 0 aromatic carbocycles. The van der Waals surface area contributed by atoms with Crippen LogP contribution in [-0.4, -0.2) is 36.2 Å². The van der Waals surface area contributed by atoms with Crippen LogP contribution in [0.5, 0.6) is 0 Å². The Morgan fingerprint density at radius 2 is 2.09 bits per heavy atom. The maximum Gasteiger partial charge on any atom is 0.224 e. The number of amides is 1. The number of carbonyl (C=O) groups is 1. The quantitative estimate of drug-likeness (QED) is 0.872. The minimum absolute atomic E-state index is 0.0640. The van der Waals surface area contributed by atoms with Crippen molar-refractivity contribution in [3.05, 3.63) is 18.3 Å². The maximum atomic E-state index is 12.0. The van der Waals surface area contributed by atoms with E-state index in [1.165, 1.54) is 0 Å². The lowest BCUT2D eigenvalue weighted by Crippen LogP contribution is -2.45. The summed E-state index contributed by atoms with van der Waals surface area (Å²) in [6, 6.07) is 3.89. The van der Waals surface area contributed by atoms with E-state index in [1.54, 1.807) is 6.20 Å². The Kier molecular flexibility index (Phi) is 6.39. The highest BCUT2D eigenvalue weighted by Crippen LogP contribution is 2.20. The predicted molar refractivity (Wildman–Crippen MR) is 93.8 cm³/mol. The zero-order valence-electron chi connectivity index (χ0n) is 14.7. The average molecular weight is 319 g/mol. The molecule has 2 rings (SSSR count). The van der Waals surface area contributed by atoms with Crippen LogP contribution in [0, 0.1) is 5.92 Å². The number of hydrogen-bond donors (Lipinski definition) is 1. The molecule has 5 heteroatoms. The topological polar surface area (TPSA) is 54.5 Å². The molecule has 1 saturated heterocycles. The van der Waals surface area contributed by atoms with E-state index in [0.29, 0.717) is 12.3 Å². The fourth-order valence-electron chi connectivity index (χ4n) is 3.14. The molecule has 0 saturated carbocycles. The standard InChI is InChI=1S/C18H29N3O2/c1-5-6-13(2)9-18(22)20-16-7-8-17(19-10-16)21-11-14(3)23-15(4)12-21/h7-8,10,13-15H,5-6,9,11-12H2,1-4H3,(H,20,22). The molecule has 2 heterocycles. The summed E-state index contributed by atoms with van der Waals surface area (Å²) in [5, 5.41) is 2.93. The molecule has 1 fully saturated rings. The van der Waals surface area contributed by atoms with E-state index in [0.717, 1.165) is 37.4 Å². The van der Waals surface area contributed by atoms with Crippen LogP contribution in [0.1, 0.15) is 47.0 Å². The Balaban J connectivity index is 1.90. The van der Waals surface area contributed by atoms with Gasteiger partial charge in [-0.3, -0.25) is 4.79 Å². The first kappa shape index (κ1) is 17.7. The average Bonchev–Trinajstić information content (AvgIpc) is 2.47. The van der Waals surface area contributed by atoms with Gasteiger partial charge in [-0.2, -0.15) is 0 Å². The van der Waals surface area contributed by atoms with E-state index >= 15 is 0 Å². The van der Waals surface area contributed by atoms with Crippen LogP contribution in [0.2, 0.25) is 0 Å². The van der Waals surface area contributed by atoms with Crippen LogP contribution in [0.25, 0.3) is 0 Å². The van der Waals surface area contributed by atoms with Gasteiger partial charge in [-0.1, -0.05) is 26.7 Å². The van der Waals surface area contributed by atoms with Gasteiger partial charge in [-0.15, -0.1) is 0 Å². The second-order valence-electron chi connectivity index (χ2n) is 6.71. The number of nitrogens with one attached hydrogen (secondary N) is 1. The molecule has 1 aliphatic rings. The van der Waals surface area contributed by atoms with E-state index in [1.807, 2.05) is 12.1 Å². The van der Waals surface area contributed by atoms with Gasteiger partial charge in [0.1, 0.15) is 5.82 Å². The number of morpholine rings is 1. The van der Waals surface area contributed by atoms with E-state index in [-0.39, 0.29) is 18.1 Å². The van der Waals surface area contributed by atoms with E-state index < -0.39 is 0 Å².